The van der Waals surface area contributed by atoms with E-state index in [1.165, 1.54) is 0 Å². The van der Waals surface area contributed by atoms with Gasteiger partial charge in [-0.1, -0.05) is 12.8 Å². The zero-order valence-corrected chi connectivity index (χ0v) is 12.0. The van der Waals surface area contributed by atoms with E-state index in [1.807, 2.05) is 13.0 Å². The Balaban J connectivity index is 1.99. The SMILES string of the molecule is Cc1nc(OC[C@]2(O)CCCC[C@@H]2O)ccc1Br. The molecule has 1 aromatic heterocycles. The van der Waals surface area contributed by atoms with Gasteiger partial charge in [-0.05, 0) is 41.8 Å². The molecule has 2 atom stereocenters. The molecule has 1 aromatic rings. The Labute approximate surface area is 115 Å². The Morgan fingerprint density at radius 2 is 2.28 bits per heavy atom. The average molecular weight is 316 g/mol. The van der Waals surface area contributed by atoms with Crippen molar-refractivity contribution in [2.45, 2.75) is 44.3 Å². The molecule has 0 aromatic carbocycles. The third-order valence-corrected chi connectivity index (χ3v) is 4.26. The van der Waals surface area contributed by atoms with Gasteiger partial charge in [-0.2, -0.15) is 0 Å². The fraction of sp³-hybridized carbons (Fsp3) is 0.615. The minimum Gasteiger partial charge on any atom is -0.474 e. The summed E-state index contributed by atoms with van der Waals surface area (Å²) in [6, 6.07) is 3.61. The van der Waals surface area contributed by atoms with Crippen molar-refractivity contribution in [3.63, 3.8) is 0 Å². The number of nitrogens with zero attached hydrogens (tertiary/aromatic N) is 1. The summed E-state index contributed by atoms with van der Waals surface area (Å²) in [4.78, 5) is 4.25. The van der Waals surface area contributed by atoms with E-state index in [2.05, 4.69) is 20.9 Å². The molecule has 1 saturated carbocycles. The van der Waals surface area contributed by atoms with Crippen molar-refractivity contribution < 1.29 is 14.9 Å². The smallest absolute Gasteiger partial charge is 0.213 e. The highest BCUT2D eigenvalue weighted by Crippen LogP contribution is 2.29. The number of aliphatic hydroxyl groups is 2. The minimum absolute atomic E-state index is 0.0856. The first-order valence-electron chi connectivity index (χ1n) is 6.18. The maximum absolute atomic E-state index is 10.3. The van der Waals surface area contributed by atoms with Crippen LogP contribution in [0.3, 0.4) is 0 Å². The Bertz CT molecular complexity index is 427. The third-order valence-electron chi connectivity index (χ3n) is 3.42. The Hall–Kier alpha value is -0.650. The van der Waals surface area contributed by atoms with Crippen LogP contribution in [-0.4, -0.2) is 33.5 Å². The van der Waals surface area contributed by atoms with Crippen molar-refractivity contribution in [1.29, 1.82) is 0 Å². The average Bonchev–Trinajstić information content (AvgIpc) is 2.35. The maximum Gasteiger partial charge on any atom is 0.213 e. The molecule has 0 unspecified atom stereocenters. The molecule has 1 fully saturated rings. The maximum atomic E-state index is 10.3. The van der Waals surface area contributed by atoms with Gasteiger partial charge in [0.05, 0.1) is 11.8 Å². The van der Waals surface area contributed by atoms with Crippen LogP contribution in [0.2, 0.25) is 0 Å². The molecule has 5 heteroatoms. The molecule has 18 heavy (non-hydrogen) atoms. The van der Waals surface area contributed by atoms with Gasteiger partial charge in [0.25, 0.3) is 0 Å². The Morgan fingerprint density at radius 3 is 2.94 bits per heavy atom. The van der Waals surface area contributed by atoms with Crippen LogP contribution in [0.15, 0.2) is 16.6 Å². The van der Waals surface area contributed by atoms with Crippen LogP contribution in [0.5, 0.6) is 5.88 Å². The van der Waals surface area contributed by atoms with E-state index in [0.717, 1.165) is 23.0 Å². The number of aryl methyl sites for hydroxylation is 1. The molecule has 0 aliphatic heterocycles. The highest BCUT2D eigenvalue weighted by atomic mass is 79.9. The summed E-state index contributed by atoms with van der Waals surface area (Å²) < 4.78 is 6.44. The number of hydrogen-bond acceptors (Lipinski definition) is 4. The van der Waals surface area contributed by atoms with E-state index in [9.17, 15) is 10.2 Å². The molecule has 0 bridgehead atoms. The lowest BCUT2D eigenvalue weighted by atomic mass is 9.83. The standard InChI is InChI=1S/C13H18BrNO3/c1-9-10(14)5-6-12(15-9)18-8-13(17)7-3-2-4-11(13)16/h5-6,11,16-17H,2-4,7-8H2,1H3/t11-,13+/m0/s1. The van der Waals surface area contributed by atoms with E-state index in [0.29, 0.717) is 18.7 Å². The fourth-order valence-corrected chi connectivity index (χ4v) is 2.39. The van der Waals surface area contributed by atoms with Crippen LogP contribution in [0.25, 0.3) is 0 Å². The second-order valence-corrected chi connectivity index (χ2v) is 5.72. The first-order valence-corrected chi connectivity index (χ1v) is 6.97. The molecule has 0 radical (unpaired) electrons. The fourth-order valence-electron chi connectivity index (χ4n) is 2.17. The van der Waals surface area contributed by atoms with Gasteiger partial charge in [0.2, 0.25) is 5.88 Å². The predicted molar refractivity (Wildman–Crippen MR) is 71.6 cm³/mol. The molecule has 2 N–H and O–H groups in total. The monoisotopic (exact) mass is 315 g/mol. The summed E-state index contributed by atoms with van der Waals surface area (Å²) in [7, 11) is 0. The van der Waals surface area contributed by atoms with Crippen LogP contribution in [0.4, 0.5) is 0 Å². The predicted octanol–water partition coefficient (Wildman–Crippen LogP) is 2.20. The van der Waals surface area contributed by atoms with Crippen LogP contribution in [0, 0.1) is 6.92 Å². The molecule has 2 rings (SSSR count). The first kappa shape index (κ1) is 13.8. The summed E-state index contributed by atoms with van der Waals surface area (Å²) in [5.74, 6) is 0.474. The van der Waals surface area contributed by atoms with Crippen molar-refractivity contribution >= 4 is 15.9 Å². The highest BCUT2D eigenvalue weighted by molar-refractivity contribution is 9.10. The van der Waals surface area contributed by atoms with Gasteiger partial charge in [0.1, 0.15) is 12.2 Å². The lowest BCUT2D eigenvalue weighted by Gasteiger charge is -2.36. The summed E-state index contributed by atoms with van der Waals surface area (Å²) in [5, 5.41) is 20.2. The van der Waals surface area contributed by atoms with Crippen molar-refractivity contribution in [1.82, 2.24) is 4.98 Å². The molecule has 1 aliphatic rings. The molecule has 1 aliphatic carbocycles. The van der Waals surface area contributed by atoms with E-state index < -0.39 is 11.7 Å². The Kier molecular flexibility index (Phi) is 4.25. The largest absolute Gasteiger partial charge is 0.474 e. The summed E-state index contributed by atoms with van der Waals surface area (Å²) in [6.07, 6.45) is 2.38. The lowest BCUT2D eigenvalue weighted by Crippen LogP contribution is -2.49. The van der Waals surface area contributed by atoms with Crippen molar-refractivity contribution in [2.24, 2.45) is 0 Å². The molecule has 0 spiro atoms. The van der Waals surface area contributed by atoms with Gasteiger partial charge in [-0.25, -0.2) is 4.98 Å². The molecule has 100 valence electrons. The van der Waals surface area contributed by atoms with Crippen LogP contribution in [0.1, 0.15) is 31.4 Å². The number of aromatic nitrogens is 1. The number of hydrogen-bond donors (Lipinski definition) is 2. The minimum atomic E-state index is -1.14. The van der Waals surface area contributed by atoms with E-state index in [4.69, 9.17) is 4.74 Å². The van der Waals surface area contributed by atoms with Crippen LogP contribution >= 0.6 is 15.9 Å². The van der Waals surface area contributed by atoms with Crippen molar-refractivity contribution in [3.8, 4) is 5.88 Å². The topological polar surface area (TPSA) is 62.6 Å². The molecule has 4 nitrogen and oxygen atoms in total. The van der Waals surface area contributed by atoms with Gasteiger partial charge in [0.15, 0.2) is 0 Å². The highest BCUT2D eigenvalue weighted by Gasteiger charge is 2.38. The molecule has 1 heterocycles. The quantitative estimate of drug-likeness (QED) is 0.897. The number of halogens is 1. The van der Waals surface area contributed by atoms with Crippen molar-refractivity contribution in [3.05, 3.63) is 22.3 Å². The van der Waals surface area contributed by atoms with Gasteiger partial charge >= 0.3 is 0 Å². The number of pyridine rings is 1. The zero-order chi connectivity index (χ0) is 13.2. The number of rotatable bonds is 3. The second kappa shape index (κ2) is 5.55. The lowest BCUT2D eigenvalue weighted by molar-refractivity contribution is -0.121. The first-order chi connectivity index (χ1) is 8.51. The Morgan fingerprint density at radius 1 is 1.50 bits per heavy atom. The van der Waals surface area contributed by atoms with Gasteiger partial charge < -0.3 is 14.9 Å². The normalized spacial score (nSPS) is 28.1. The number of ether oxygens (including phenoxy) is 1. The van der Waals surface area contributed by atoms with E-state index in [-0.39, 0.29) is 6.61 Å². The van der Waals surface area contributed by atoms with E-state index >= 15 is 0 Å². The van der Waals surface area contributed by atoms with Crippen LogP contribution < -0.4 is 4.74 Å². The second-order valence-electron chi connectivity index (χ2n) is 4.87. The summed E-state index contributed by atoms with van der Waals surface area (Å²) in [6.45, 7) is 1.96. The number of aliphatic hydroxyl groups excluding tert-OH is 1. The van der Waals surface area contributed by atoms with Gasteiger partial charge in [-0.3, -0.25) is 0 Å². The van der Waals surface area contributed by atoms with Crippen LogP contribution in [-0.2, 0) is 0 Å². The molecule has 0 amide bonds. The van der Waals surface area contributed by atoms with Gasteiger partial charge in [0, 0.05) is 10.5 Å². The summed E-state index contributed by atoms with van der Waals surface area (Å²) in [5.41, 5.74) is -0.301. The molecular formula is C13H18BrNO3. The van der Waals surface area contributed by atoms with E-state index in [1.54, 1.807) is 6.07 Å². The van der Waals surface area contributed by atoms with Crippen molar-refractivity contribution in [2.75, 3.05) is 6.61 Å². The third kappa shape index (κ3) is 3.02. The van der Waals surface area contributed by atoms with Gasteiger partial charge in [-0.15, -0.1) is 0 Å². The molecular weight excluding hydrogens is 298 g/mol. The summed E-state index contributed by atoms with van der Waals surface area (Å²) >= 11 is 3.37. The molecule has 0 saturated heterocycles. The zero-order valence-electron chi connectivity index (χ0n) is 10.4.